The van der Waals surface area contributed by atoms with Crippen LogP contribution in [0.15, 0.2) is 30.4 Å². The van der Waals surface area contributed by atoms with Crippen molar-refractivity contribution in [1.29, 1.82) is 5.26 Å². The van der Waals surface area contributed by atoms with Crippen molar-refractivity contribution in [3.05, 3.63) is 52.6 Å². The average Bonchev–Trinajstić information content (AvgIpc) is 3.20. The molecular weight excluding hydrogens is 321 g/mol. The van der Waals surface area contributed by atoms with Crippen LogP contribution >= 0.6 is 0 Å². The van der Waals surface area contributed by atoms with Crippen LogP contribution in [0.5, 0.6) is 11.8 Å². The van der Waals surface area contributed by atoms with Crippen molar-refractivity contribution in [2.24, 2.45) is 0 Å². The van der Waals surface area contributed by atoms with E-state index in [0.29, 0.717) is 11.1 Å². The van der Waals surface area contributed by atoms with Crippen LogP contribution in [-0.2, 0) is 6.18 Å². The molecule has 2 bridgehead atoms. The largest absolute Gasteiger partial charge is 0.494 e. The number of hydrogen-bond donors (Lipinski definition) is 2. The maximum absolute atomic E-state index is 13.1. The molecule has 2 N–H and O–H groups in total. The van der Waals surface area contributed by atoms with E-state index in [1.807, 2.05) is 12.2 Å². The van der Waals surface area contributed by atoms with Crippen molar-refractivity contribution >= 4 is 0 Å². The molecular formula is C17H11F3N2O2. The predicted octanol–water partition coefficient (Wildman–Crippen LogP) is 3.92. The van der Waals surface area contributed by atoms with Gasteiger partial charge >= 0.3 is 6.18 Å². The summed E-state index contributed by atoms with van der Waals surface area (Å²) in [5.41, 5.74) is -0.510. The number of nitriles is 1. The molecule has 1 heterocycles. The lowest BCUT2D eigenvalue weighted by Crippen LogP contribution is -2.09. The minimum atomic E-state index is -4.71. The third-order valence-corrected chi connectivity index (χ3v) is 4.71. The summed E-state index contributed by atoms with van der Waals surface area (Å²) in [5, 5.41) is 29.8. The fraction of sp³-hybridized carbons (Fsp3) is 0.235. The van der Waals surface area contributed by atoms with Crippen LogP contribution in [0.2, 0.25) is 0 Å². The maximum atomic E-state index is 13.1. The SMILES string of the molecule is N#Cc1ccc(-n2c(O)c3c(c2O)[C@H]2C=C[C@@H]3C2)cc1C(F)(F)F. The van der Waals surface area contributed by atoms with Gasteiger partial charge in [-0.25, -0.2) is 0 Å². The van der Waals surface area contributed by atoms with Crippen molar-refractivity contribution in [3.8, 4) is 23.5 Å². The number of aromatic nitrogens is 1. The zero-order valence-electron chi connectivity index (χ0n) is 12.2. The number of benzene rings is 1. The van der Waals surface area contributed by atoms with E-state index in [1.165, 1.54) is 12.1 Å². The molecule has 4 rings (SSSR count). The Labute approximate surface area is 134 Å². The fourth-order valence-electron chi connectivity index (χ4n) is 3.69. The number of nitrogens with zero attached hydrogens (tertiary/aromatic N) is 2. The van der Waals surface area contributed by atoms with Gasteiger partial charge in [0.15, 0.2) is 0 Å². The van der Waals surface area contributed by atoms with Crippen LogP contribution in [0, 0.1) is 11.3 Å². The summed E-state index contributed by atoms with van der Waals surface area (Å²) in [7, 11) is 0. The number of aromatic hydroxyl groups is 2. The molecule has 0 unspecified atom stereocenters. The van der Waals surface area contributed by atoms with E-state index in [0.717, 1.165) is 23.1 Å². The molecule has 1 aromatic heterocycles. The Bertz CT molecular complexity index is 899. The number of hydrogen-bond acceptors (Lipinski definition) is 3. The van der Waals surface area contributed by atoms with Crippen molar-refractivity contribution < 1.29 is 23.4 Å². The zero-order valence-corrected chi connectivity index (χ0v) is 12.2. The number of halogens is 3. The van der Waals surface area contributed by atoms with Gasteiger partial charge in [-0.15, -0.1) is 0 Å². The van der Waals surface area contributed by atoms with Crippen molar-refractivity contribution in [1.82, 2.24) is 4.57 Å². The van der Waals surface area contributed by atoms with Gasteiger partial charge in [0, 0.05) is 23.0 Å². The topological polar surface area (TPSA) is 69.2 Å². The summed E-state index contributed by atoms with van der Waals surface area (Å²) in [5.74, 6) is -0.565. The second-order valence-electron chi connectivity index (χ2n) is 5.98. The van der Waals surface area contributed by atoms with E-state index < -0.39 is 17.3 Å². The lowest BCUT2D eigenvalue weighted by atomic mass is 10.0. The van der Waals surface area contributed by atoms with Gasteiger partial charge in [-0.1, -0.05) is 12.2 Å². The minimum Gasteiger partial charge on any atom is -0.494 e. The normalized spacial score (nSPS) is 21.1. The third-order valence-electron chi connectivity index (χ3n) is 4.71. The smallest absolute Gasteiger partial charge is 0.417 e. The number of alkyl halides is 3. The Kier molecular flexibility index (Phi) is 2.80. The molecule has 0 fully saturated rings. The standard InChI is InChI=1S/C17H11F3N2O2/c18-17(19,20)12-6-11(4-3-10(12)7-21)22-15(23)13-8-1-2-9(5-8)14(13)16(22)24/h1-4,6,8-9,23-24H,5H2/t8-,9+. The Balaban J connectivity index is 1.92. The quantitative estimate of drug-likeness (QED) is 0.778. The molecule has 4 nitrogen and oxygen atoms in total. The average molecular weight is 332 g/mol. The Morgan fingerprint density at radius 1 is 1.08 bits per heavy atom. The highest BCUT2D eigenvalue weighted by molar-refractivity contribution is 5.63. The molecule has 0 amide bonds. The van der Waals surface area contributed by atoms with E-state index in [-0.39, 0.29) is 29.3 Å². The summed E-state index contributed by atoms with van der Waals surface area (Å²) >= 11 is 0. The van der Waals surface area contributed by atoms with E-state index in [1.54, 1.807) is 0 Å². The second kappa shape index (κ2) is 4.57. The number of rotatable bonds is 1. The monoisotopic (exact) mass is 332 g/mol. The van der Waals surface area contributed by atoms with Crippen molar-refractivity contribution in [2.45, 2.75) is 24.4 Å². The molecule has 0 saturated carbocycles. The van der Waals surface area contributed by atoms with Crippen LogP contribution in [0.1, 0.15) is 40.5 Å². The number of allylic oxidation sites excluding steroid dienone is 2. The Morgan fingerprint density at radius 3 is 2.17 bits per heavy atom. The van der Waals surface area contributed by atoms with Gasteiger partial charge in [0.25, 0.3) is 0 Å². The molecule has 2 aliphatic rings. The van der Waals surface area contributed by atoms with Crippen molar-refractivity contribution in [2.75, 3.05) is 0 Å². The third kappa shape index (κ3) is 1.80. The molecule has 0 saturated heterocycles. The zero-order chi connectivity index (χ0) is 17.2. The Hall–Kier alpha value is -2.88. The summed E-state index contributed by atoms with van der Waals surface area (Å²) < 4.78 is 40.4. The molecule has 0 spiro atoms. The first-order valence-corrected chi connectivity index (χ1v) is 7.29. The van der Waals surface area contributed by atoms with Gasteiger partial charge in [0.2, 0.25) is 11.8 Å². The maximum Gasteiger partial charge on any atom is 0.417 e. The molecule has 1 aromatic carbocycles. The van der Waals surface area contributed by atoms with E-state index in [2.05, 4.69) is 0 Å². The van der Waals surface area contributed by atoms with Gasteiger partial charge in [-0.3, -0.25) is 4.57 Å². The summed E-state index contributed by atoms with van der Waals surface area (Å²) in [6.07, 6.45) is -0.0938. The lowest BCUT2D eigenvalue weighted by Gasteiger charge is -2.14. The van der Waals surface area contributed by atoms with Gasteiger partial charge < -0.3 is 10.2 Å². The predicted molar refractivity (Wildman–Crippen MR) is 78.1 cm³/mol. The summed E-state index contributed by atoms with van der Waals surface area (Å²) in [4.78, 5) is 0. The van der Waals surface area contributed by atoms with Crippen LogP contribution < -0.4 is 0 Å². The van der Waals surface area contributed by atoms with E-state index >= 15 is 0 Å². The second-order valence-corrected chi connectivity index (χ2v) is 5.98. The van der Waals surface area contributed by atoms with Gasteiger partial charge in [0.05, 0.1) is 22.9 Å². The fourth-order valence-corrected chi connectivity index (χ4v) is 3.69. The first-order valence-electron chi connectivity index (χ1n) is 7.29. The lowest BCUT2D eigenvalue weighted by molar-refractivity contribution is -0.137. The highest BCUT2D eigenvalue weighted by Crippen LogP contribution is 2.57. The first kappa shape index (κ1) is 14.7. The molecule has 7 heteroatoms. The van der Waals surface area contributed by atoms with Crippen LogP contribution in [-0.4, -0.2) is 14.8 Å². The van der Waals surface area contributed by atoms with Crippen LogP contribution in [0.3, 0.4) is 0 Å². The molecule has 0 aliphatic heterocycles. The first-order chi connectivity index (χ1) is 11.3. The molecule has 24 heavy (non-hydrogen) atoms. The molecule has 122 valence electrons. The minimum absolute atomic E-state index is 0.0300. The molecule has 2 aliphatic carbocycles. The van der Waals surface area contributed by atoms with Crippen LogP contribution in [0.25, 0.3) is 5.69 Å². The highest BCUT2D eigenvalue weighted by Gasteiger charge is 2.41. The van der Waals surface area contributed by atoms with Gasteiger partial charge in [-0.05, 0) is 24.6 Å². The number of fused-ring (bicyclic) bond motifs is 5. The van der Waals surface area contributed by atoms with Gasteiger partial charge in [-0.2, -0.15) is 18.4 Å². The van der Waals surface area contributed by atoms with E-state index in [9.17, 15) is 23.4 Å². The molecule has 2 atom stereocenters. The molecule has 0 radical (unpaired) electrons. The summed E-state index contributed by atoms with van der Waals surface area (Å²) in [6, 6.07) is 4.59. The van der Waals surface area contributed by atoms with E-state index in [4.69, 9.17) is 5.26 Å². The summed E-state index contributed by atoms with van der Waals surface area (Å²) in [6.45, 7) is 0. The highest BCUT2D eigenvalue weighted by atomic mass is 19.4. The Morgan fingerprint density at radius 2 is 1.67 bits per heavy atom. The van der Waals surface area contributed by atoms with Crippen molar-refractivity contribution in [3.63, 3.8) is 0 Å². The van der Waals surface area contributed by atoms with Crippen LogP contribution in [0.4, 0.5) is 13.2 Å². The van der Waals surface area contributed by atoms with Gasteiger partial charge in [0.1, 0.15) is 0 Å². The molecule has 2 aromatic rings.